The topological polar surface area (TPSA) is 186 Å². The molecule has 1 fully saturated rings. The highest BCUT2D eigenvalue weighted by atomic mass is 17.1. The third-order valence-corrected chi connectivity index (χ3v) is 7.05. The van der Waals surface area contributed by atoms with Crippen LogP contribution >= 0.6 is 0 Å². The number of hydrogen-bond donors (Lipinski definition) is 4. The molecule has 0 saturated heterocycles. The van der Waals surface area contributed by atoms with Crippen molar-refractivity contribution in [1.29, 1.82) is 0 Å². The molecule has 2 amide bonds. The molecule has 2 atom stereocenters. The van der Waals surface area contributed by atoms with Crippen molar-refractivity contribution in [3.63, 3.8) is 0 Å². The smallest absolute Gasteiger partial charge is 0.364 e. The van der Waals surface area contributed by atoms with Gasteiger partial charge in [-0.25, -0.2) is 14.4 Å². The van der Waals surface area contributed by atoms with E-state index in [9.17, 15) is 28.8 Å². The third-order valence-electron chi connectivity index (χ3n) is 7.05. The van der Waals surface area contributed by atoms with Gasteiger partial charge in [-0.1, -0.05) is 55.4 Å². The first-order chi connectivity index (χ1) is 21.4. The summed E-state index contributed by atoms with van der Waals surface area (Å²) in [6, 6.07) is -3.33. The molecule has 13 nitrogen and oxygen atoms in total. The Morgan fingerprint density at radius 1 is 0.783 bits per heavy atom. The van der Waals surface area contributed by atoms with Crippen molar-refractivity contribution in [2.75, 3.05) is 19.8 Å². The van der Waals surface area contributed by atoms with Gasteiger partial charge >= 0.3 is 23.9 Å². The SMILES string of the molecule is CC(C)COC(=O)CC[C@H](NC(=O)N[C@@H](CCCCNC(CC(C)C)=C1C(=O)CC(C)(C)CC1=O)C(=O)OO)C(=O)OCC(C)C. The van der Waals surface area contributed by atoms with Gasteiger partial charge in [0.1, 0.15) is 12.1 Å². The number of carbonyl (C=O) groups excluding carboxylic acids is 6. The molecule has 262 valence electrons. The Morgan fingerprint density at radius 2 is 1.33 bits per heavy atom. The second-order valence-corrected chi connectivity index (χ2v) is 14.0. The first kappa shape index (κ1) is 40.5. The summed E-state index contributed by atoms with van der Waals surface area (Å²) in [5.41, 5.74) is 0.486. The summed E-state index contributed by atoms with van der Waals surface area (Å²) in [7, 11) is 0. The van der Waals surface area contributed by atoms with Gasteiger partial charge in [0.05, 0.1) is 18.8 Å². The fourth-order valence-electron chi connectivity index (χ4n) is 4.85. The van der Waals surface area contributed by atoms with Crippen LogP contribution in [-0.4, -0.2) is 72.6 Å². The van der Waals surface area contributed by atoms with Gasteiger partial charge in [-0.2, -0.15) is 5.26 Å². The van der Waals surface area contributed by atoms with E-state index >= 15 is 0 Å². The Labute approximate surface area is 272 Å². The van der Waals surface area contributed by atoms with Crippen LogP contribution in [0.3, 0.4) is 0 Å². The molecule has 1 saturated carbocycles. The number of amides is 2. The van der Waals surface area contributed by atoms with E-state index in [0.29, 0.717) is 44.3 Å². The molecule has 1 rings (SSSR count). The van der Waals surface area contributed by atoms with E-state index in [1.165, 1.54) is 0 Å². The van der Waals surface area contributed by atoms with Crippen molar-refractivity contribution in [3.8, 4) is 0 Å². The summed E-state index contributed by atoms with van der Waals surface area (Å²) in [4.78, 5) is 79.5. The van der Waals surface area contributed by atoms with Crippen LogP contribution in [0.25, 0.3) is 0 Å². The molecule has 0 unspecified atom stereocenters. The highest BCUT2D eigenvalue weighted by Gasteiger charge is 2.37. The quantitative estimate of drug-likeness (QED) is 0.0297. The number of esters is 2. The highest BCUT2D eigenvalue weighted by Crippen LogP contribution is 2.35. The number of nitrogens with one attached hydrogen (secondary N) is 3. The maximum absolute atomic E-state index is 12.9. The van der Waals surface area contributed by atoms with Crippen LogP contribution in [0.5, 0.6) is 0 Å². The fraction of sp³-hybridized carbons (Fsp3) is 0.758. The molecule has 4 N–H and O–H groups in total. The number of unbranched alkanes of at least 4 members (excludes halogenated alkanes) is 1. The van der Waals surface area contributed by atoms with E-state index < -0.39 is 36.0 Å². The van der Waals surface area contributed by atoms with Crippen LogP contribution in [0, 0.1) is 23.2 Å². The second-order valence-electron chi connectivity index (χ2n) is 14.0. The summed E-state index contributed by atoms with van der Waals surface area (Å²) in [6.07, 6.45) is 1.89. The zero-order valence-corrected chi connectivity index (χ0v) is 28.8. The molecule has 0 heterocycles. The molecule has 0 aromatic carbocycles. The van der Waals surface area contributed by atoms with E-state index in [1.54, 1.807) is 0 Å². The zero-order valence-electron chi connectivity index (χ0n) is 28.8. The molecule has 0 bridgehead atoms. The number of urea groups is 1. The van der Waals surface area contributed by atoms with Crippen molar-refractivity contribution < 1.29 is 48.4 Å². The molecule has 1 aliphatic rings. The lowest BCUT2D eigenvalue weighted by molar-refractivity contribution is -0.236. The van der Waals surface area contributed by atoms with Crippen LogP contribution in [-0.2, 0) is 38.3 Å². The normalized spacial score (nSPS) is 15.8. The van der Waals surface area contributed by atoms with Crippen LogP contribution < -0.4 is 16.0 Å². The lowest BCUT2D eigenvalue weighted by atomic mass is 9.73. The molecule has 46 heavy (non-hydrogen) atoms. The number of allylic oxidation sites excluding steroid dienone is 2. The predicted molar refractivity (Wildman–Crippen MR) is 170 cm³/mol. The van der Waals surface area contributed by atoms with Crippen LogP contribution in [0.2, 0.25) is 0 Å². The van der Waals surface area contributed by atoms with Crippen LogP contribution in [0.1, 0.15) is 107 Å². The maximum Gasteiger partial charge on any atom is 0.364 e. The number of ketones is 2. The van der Waals surface area contributed by atoms with Crippen molar-refractivity contribution in [2.24, 2.45) is 23.2 Å². The Hall–Kier alpha value is -3.48. The third kappa shape index (κ3) is 15.7. The maximum atomic E-state index is 12.9. The summed E-state index contributed by atoms with van der Waals surface area (Å²) in [5, 5.41) is 17.1. The van der Waals surface area contributed by atoms with Gasteiger partial charge < -0.3 is 25.4 Å². The largest absolute Gasteiger partial charge is 0.465 e. The molecule has 0 spiro atoms. The number of carbonyl (C=O) groups is 6. The summed E-state index contributed by atoms with van der Waals surface area (Å²) < 4.78 is 10.4. The molecule has 1 aliphatic carbocycles. The molecule has 0 aromatic heterocycles. The van der Waals surface area contributed by atoms with Gasteiger partial charge in [0.2, 0.25) is 0 Å². The molecule has 0 aromatic rings. The van der Waals surface area contributed by atoms with Gasteiger partial charge in [-0.05, 0) is 55.3 Å². The Kier molecular flexibility index (Phi) is 17.5. The van der Waals surface area contributed by atoms with Gasteiger partial charge in [0.25, 0.3) is 0 Å². The average molecular weight is 654 g/mol. The van der Waals surface area contributed by atoms with Gasteiger partial charge in [0, 0.05) is 31.5 Å². The van der Waals surface area contributed by atoms with Crippen molar-refractivity contribution in [2.45, 2.75) is 119 Å². The highest BCUT2D eigenvalue weighted by molar-refractivity contribution is 6.22. The van der Waals surface area contributed by atoms with Crippen LogP contribution in [0.4, 0.5) is 4.79 Å². The molecular formula is C33H55N3O10. The van der Waals surface area contributed by atoms with Crippen molar-refractivity contribution in [1.82, 2.24) is 16.0 Å². The number of hydrogen-bond acceptors (Lipinski definition) is 11. The van der Waals surface area contributed by atoms with Crippen molar-refractivity contribution >= 4 is 35.5 Å². The first-order valence-electron chi connectivity index (χ1n) is 16.2. The minimum Gasteiger partial charge on any atom is -0.465 e. The van der Waals surface area contributed by atoms with E-state index in [0.717, 1.165) is 0 Å². The van der Waals surface area contributed by atoms with E-state index in [-0.39, 0.29) is 72.8 Å². The number of Topliss-reactive ketones (excluding diaryl/α,β-unsaturated/α-hetero) is 2. The zero-order chi connectivity index (χ0) is 35.0. The Morgan fingerprint density at radius 3 is 1.85 bits per heavy atom. The summed E-state index contributed by atoms with van der Waals surface area (Å²) in [5.74, 6) is -2.30. The minimum absolute atomic E-state index is 0.0427. The standard InChI is InChI=1S/C33H55N3O10/c1-20(2)15-25(29-26(37)16-33(7,8)17-27(29)38)34-14-10-9-11-23(31(41)46-43)35-32(42)36-24(30(40)45-19-22(5)6)12-13-28(39)44-18-21(3)4/h20-24,34,43H,9-19H2,1-8H3,(H2,35,36,42)/t23-,24-/m0/s1. The van der Waals surface area contributed by atoms with Gasteiger partial charge in [-0.15, -0.1) is 0 Å². The molecule has 0 aliphatic heterocycles. The summed E-state index contributed by atoms with van der Waals surface area (Å²) >= 11 is 0. The molecule has 13 heteroatoms. The Bertz CT molecular complexity index is 1080. The fourth-order valence-corrected chi connectivity index (χ4v) is 4.85. The first-order valence-corrected chi connectivity index (χ1v) is 16.2. The van der Waals surface area contributed by atoms with Crippen molar-refractivity contribution in [3.05, 3.63) is 11.3 Å². The van der Waals surface area contributed by atoms with Gasteiger partial charge in [0.15, 0.2) is 11.6 Å². The van der Waals surface area contributed by atoms with E-state index in [2.05, 4.69) is 20.8 Å². The second kappa shape index (κ2) is 19.9. The molecule has 0 radical (unpaired) electrons. The molecular weight excluding hydrogens is 598 g/mol. The lowest BCUT2D eigenvalue weighted by Crippen LogP contribution is -2.51. The van der Waals surface area contributed by atoms with Crippen LogP contribution in [0.15, 0.2) is 11.3 Å². The summed E-state index contributed by atoms with van der Waals surface area (Å²) in [6.45, 7) is 16.0. The monoisotopic (exact) mass is 653 g/mol. The lowest BCUT2D eigenvalue weighted by Gasteiger charge is -2.30. The predicted octanol–water partition coefficient (Wildman–Crippen LogP) is 4.24. The average Bonchev–Trinajstić information content (AvgIpc) is 2.94. The Balaban J connectivity index is 2.82. The minimum atomic E-state index is -1.24. The van der Waals surface area contributed by atoms with E-state index in [4.69, 9.17) is 14.7 Å². The number of rotatable bonds is 19. The van der Waals surface area contributed by atoms with E-state index in [1.807, 2.05) is 55.4 Å². The number of ether oxygens (including phenoxy) is 2. The van der Waals surface area contributed by atoms with Gasteiger partial charge in [-0.3, -0.25) is 19.3 Å².